The molecule has 0 atom stereocenters. The molecule has 1 aliphatic rings. The molecule has 1 aromatic carbocycles. The summed E-state index contributed by atoms with van der Waals surface area (Å²) in [4.78, 5) is 20.7. The molecule has 3 rings (SSSR count). The number of rotatable bonds is 1. The highest BCUT2D eigenvalue weighted by atomic mass is 16.2. The maximum absolute atomic E-state index is 11.7. The van der Waals surface area contributed by atoms with Crippen LogP contribution in [-0.4, -0.2) is 22.9 Å². The molecule has 1 aliphatic heterocycles. The monoisotopic (exact) mass is 266 g/mol. The Morgan fingerprint density at radius 1 is 1.40 bits per heavy atom. The van der Waals surface area contributed by atoms with Gasteiger partial charge in [-0.15, -0.1) is 0 Å². The Morgan fingerprint density at radius 2 is 2.20 bits per heavy atom. The number of hydrogen-bond acceptors (Lipinski definition) is 3. The lowest BCUT2D eigenvalue weighted by atomic mass is 9.97. The van der Waals surface area contributed by atoms with E-state index in [0.717, 1.165) is 34.8 Å². The number of hydrogen-bond donors (Lipinski definition) is 1. The standard InChI is InChI=1S/C15H14N4O/c1-9-17-12(8-16)15(18-9)11-3-5-13-10(7-11)4-6-14(20)19(13)2/h3,5,7H,4,6H2,1-2H3,(H,17,18). The van der Waals surface area contributed by atoms with Crippen molar-refractivity contribution in [2.24, 2.45) is 0 Å². The van der Waals surface area contributed by atoms with Crippen molar-refractivity contribution in [2.45, 2.75) is 19.8 Å². The molecule has 20 heavy (non-hydrogen) atoms. The molecule has 0 saturated heterocycles. The van der Waals surface area contributed by atoms with Gasteiger partial charge in [0, 0.05) is 24.7 Å². The Kier molecular flexibility index (Phi) is 2.79. The molecule has 5 nitrogen and oxygen atoms in total. The van der Waals surface area contributed by atoms with E-state index < -0.39 is 0 Å². The fraction of sp³-hybridized carbons (Fsp3) is 0.267. The average molecular weight is 266 g/mol. The van der Waals surface area contributed by atoms with Crippen LogP contribution in [0.25, 0.3) is 11.3 Å². The second-order valence-corrected chi connectivity index (χ2v) is 4.95. The minimum absolute atomic E-state index is 0.139. The van der Waals surface area contributed by atoms with Crippen LogP contribution in [0.1, 0.15) is 23.5 Å². The quantitative estimate of drug-likeness (QED) is 0.859. The minimum Gasteiger partial charge on any atom is -0.341 e. The Morgan fingerprint density at radius 3 is 2.95 bits per heavy atom. The van der Waals surface area contributed by atoms with E-state index >= 15 is 0 Å². The molecule has 0 spiro atoms. The van der Waals surface area contributed by atoms with E-state index in [1.807, 2.05) is 25.1 Å². The molecule has 0 aliphatic carbocycles. The van der Waals surface area contributed by atoms with E-state index in [-0.39, 0.29) is 5.91 Å². The van der Waals surface area contributed by atoms with Gasteiger partial charge in [0.1, 0.15) is 11.9 Å². The lowest BCUT2D eigenvalue weighted by molar-refractivity contribution is -0.118. The number of aryl methyl sites for hydroxylation is 2. The van der Waals surface area contributed by atoms with Crippen molar-refractivity contribution in [3.63, 3.8) is 0 Å². The van der Waals surface area contributed by atoms with E-state index in [9.17, 15) is 4.79 Å². The predicted molar refractivity (Wildman–Crippen MR) is 75.2 cm³/mol. The van der Waals surface area contributed by atoms with Gasteiger partial charge in [0.05, 0.1) is 5.69 Å². The number of H-pyrrole nitrogens is 1. The fourth-order valence-electron chi connectivity index (χ4n) is 2.59. The summed E-state index contributed by atoms with van der Waals surface area (Å²) in [7, 11) is 1.79. The van der Waals surface area contributed by atoms with Crippen LogP contribution in [0.2, 0.25) is 0 Å². The third-order valence-corrected chi connectivity index (χ3v) is 3.64. The van der Waals surface area contributed by atoms with Gasteiger partial charge >= 0.3 is 0 Å². The number of benzene rings is 1. The topological polar surface area (TPSA) is 72.8 Å². The minimum atomic E-state index is 0.139. The number of nitrogens with one attached hydrogen (secondary N) is 1. The average Bonchev–Trinajstić information content (AvgIpc) is 2.84. The van der Waals surface area contributed by atoms with Gasteiger partial charge in [0.25, 0.3) is 0 Å². The van der Waals surface area contributed by atoms with Crippen LogP contribution in [0.15, 0.2) is 18.2 Å². The largest absolute Gasteiger partial charge is 0.341 e. The Bertz CT molecular complexity index is 739. The first-order valence-electron chi connectivity index (χ1n) is 6.46. The van der Waals surface area contributed by atoms with Crippen LogP contribution in [0.5, 0.6) is 0 Å². The summed E-state index contributed by atoms with van der Waals surface area (Å²) in [5.41, 5.74) is 4.15. The number of carbonyl (C=O) groups is 1. The van der Waals surface area contributed by atoms with Gasteiger partial charge in [-0.1, -0.05) is 6.07 Å². The van der Waals surface area contributed by atoms with Crippen LogP contribution >= 0.6 is 0 Å². The number of nitrogens with zero attached hydrogens (tertiary/aromatic N) is 3. The SMILES string of the molecule is Cc1nc(C#N)c(-c2ccc3c(c2)CCC(=O)N3C)[nH]1. The van der Waals surface area contributed by atoms with Gasteiger partial charge in [-0.3, -0.25) is 4.79 Å². The Hall–Kier alpha value is -2.61. The van der Waals surface area contributed by atoms with Crippen molar-refractivity contribution in [1.82, 2.24) is 9.97 Å². The highest BCUT2D eigenvalue weighted by Gasteiger charge is 2.21. The van der Waals surface area contributed by atoms with E-state index in [4.69, 9.17) is 5.26 Å². The predicted octanol–water partition coefficient (Wildman–Crippen LogP) is 2.17. The summed E-state index contributed by atoms with van der Waals surface area (Å²) in [6.07, 6.45) is 1.27. The van der Waals surface area contributed by atoms with Gasteiger partial charge in [0.2, 0.25) is 5.91 Å². The normalized spacial score (nSPS) is 14.1. The third kappa shape index (κ3) is 1.86. The zero-order valence-electron chi connectivity index (χ0n) is 11.4. The maximum Gasteiger partial charge on any atom is 0.227 e. The Labute approximate surface area is 116 Å². The molecule has 100 valence electrons. The van der Waals surface area contributed by atoms with Gasteiger partial charge < -0.3 is 9.88 Å². The lowest BCUT2D eigenvalue weighted by Gasteiger charge is -2.26. The van der Waals surface area contributed by atoms with Crippen LogP contribution < -0.4 is 4.90 Å². The van der Waals surface area contributed by atoms with E-state index in [2.05, 4.69) is 16.0 Å². The Balaban J connectivity index is 2.09. The van der Waals surface area contributed by atoms with Crippen molar-refractivity contribution in [3.05, 3.63) is 35.3 Å². The smallest absolute Gasteiger partial charge is 0.227 e. The van der Waals surface area contributed by atoms with Crippen LogP contribution in [0.4, 0.5) is 5.69 Å². The first-order valence-corrected chi connectivity index (χ1v) is 6.46. The van der Waals surface area contributed by atoms with Crippen LogP contribution in [0.3, 0.4) is 0 Å². The summed E-state index contributed by atoms with van der Waals surface area (Å²) < 4.78 is 0. The molecule has 0 bridgehead atoms. The molecule has 5 heteroatoms. The third-order valence-electron chi connectivity index (χ3n) is 3.64. The summed E-state index contributed by atoms with van der Waals surface area (Å²) in [5, 5.41) is 9.12. The van der Waals surface area contributed by atoms with Crippen molar-refractivity contribution in [3.8, 4) is 17.3 Å². The number of aromatic nitrogens is 2. The van der Waals surface area contributed by atoms with Crippen molar-refractivity contribution in [2.75, 3.05) is 11.9 Å². The van der Waals surface area contributed by atoms with Crippen molar-refractivity contribution in [1.29, 1.82) is 5.26 Å². The lowest BCUT2D eigenvalue weighted by Crippen LogP contribution is -2.30. The first kappa shape index (κ1) is 12.4. The summed E-state index contributed by atoms with van der Waals surface area (Å²) >= 11 is 0. The van der Waals surface area contributed by atoms with Gasteiger partial charge in [-0.2, -0.15) is 5.26 Å². The number of aromatic amines is 1. The molecular weight excluding hydrogens is 252 g/mol. The van der Waals surface area contributed by atoms with Crippen LogP contribution in [-0.2, 0) is 11.2 Å². The highest BCUT2D eigenvalue weighted by molar-refractivity contribution is 5.96. The molecule has 2 aromatic rings. The van der Waals surface area contributed by atoms with Crippen LogP contribution in [0, 0.1) is 18.3 Å². The summed E-state index contributed by atoms with van der Waals surface area (Å²) in [5.74, 6) is 0.863. The van der Waals surface area contributed by atoms with Gasteiger partial charge in [-0.05, 0) is 31.0 Å². The second-order valence-electron chi connectivity index (χ2n) is 4.95. The van der Waals surface area contributed by atoms with Crippen molar-refractivity contribution >= 4 is 11.6 Å². The molecule has 0 fully saturated rings. The number of amides is 1. The fourth-order valence-corrected chi connectivity index (χ4v) is 2.59. The van der Waals surface area contributed by atoms with E-state index in [1.165, 1.54) is 0 Å². The second kappa shape index (κ2) is 4.49. The molecule has 1 N–H and O–H groups in total. The number of fused-ring (bicyclic) bond motifs is 1. The van der Waals surface area contributed by atoms with Crippen molar-refractivity contribution < 1.29 is 4.79 Å². The zero-order valence-corrected chi connectivity index (χ0v) is 11.4. The maximum atomic E-state index is 11.7. The first-order chi connectivity index (χ1) is 9.60. The summed E-state index contributed by atoms with van der Waals surface area (Å²) in [6.45, 7) is 1.83. The highest BCUT2D eigenvalue weighted by Crippen LogP contribution is 2.31. The number of imidazole rings is 1. The molecule has 2 heterocycles. The summed E-state index contributed by atoms with van der Waals surface area (Å²) in [6, 6.07) is 7.99. The molecule has 0 unspecified atom stereocenters. The van der Waals surface area contributed by atoms with Gasteiger partial charge in [0.15, 0.2) is 5.69 Å². The molecule has 1 aromatic heterocycles. The van der Waals surface area contributed by atoms with E-state index in [0.29, 0.717) is 12.1 Å². The number of nitriles is 1. The van der Waals surface area contributed by atoms with E-state index in [1.54, 1.807) is 11.9 Å². The molecule has 0 saturated carbocycles. The zero-order chi connectivity index (χ0) is 14.3. The molecule has 1 amide bonds. The number of carbonyl (C=O) groups excluding carboxylic acids is 1. The molecular formula is C15H14N4O. The van der Waals surface area contributed by atoms with Gasteiger partial charge in [-0.25, -0.2) is 4.98 Å². The molecule has 0 radical (unpaired) electrons. The number of anilines is 1.